The summed E-state index contributed by atoms with van der Waals surface area (Å²) in [4.78, 5) is 12.9. The lowest BCUT2D eigenvalue weighted by Gasteiger charge is -2.11. The Kier molecular flexibility index (Phi) is 6.03. The molecule has 1 N–H and O–H groups in total. The third-order valence-electron chi connectivity index (χ3n) is 2.71. The van der Waals surface area contributed by atoms with Crippen molar-refractivity contribution in [3.05, 3.63) is 67.0 Å². The summed E-state index contributed by atoms with van der Waals surface area (Å²) in [6.07, 6.45) is 1.80. The number of thioether (sulfide) groups is 1. The van der Waals surface area contributed by atoms with Crippen molar-refractivity contribution >= 4 is 23.4 Å². The summed E-state index contributed by atoms with van der Waals surface area (Å²) >= 11 is 1.57. The van der Waals surface area contributed by atoms with Gasteiger partial charge in [-0.25, -0.2) is 4.39 Å². The zero-order valence-electron chi connectivity index (χ0n) is 11.9. The molecule has 2 aromatic rings. The average molecular weight is 317 g/mol. The number of rotatable bonds is 7. The molecule has 0 heterocycles. The fraction of sp³-hybridized carbons (Fsp3) is 0.118. The predicted octanol–water partition coefficient (Wildman–Crippen LogP) is 4.12. The van der Waals surface area contributed by atoms with Gasteiger partial charge in [-0.15, -0.1) is 18.3 Å². The van der Waals surface area contributed by atoms with Crippen LogP contribution in [0.15, 0.2) is 66.1 Å². The lowest BCUT2D eigenvalue weighted by molar-refractivity contribution is -0.118. The maximum atomic E-state index is 13.4. The van der Waals surface area contributed by atoms with Gasteiger partial charge in [0.25, 0.3) is 5.91 Å². The van der Waals surface area contributed by atoms with Crippen LogP contribution in [0.2, 0.25) is 0 Å². The largest absolute Gasteiger partial charge is 0.481 e. The van der Waals surface area contributed by atoms with Crippen molar-refractivity contribution in [2.45, 2.75) is 4.90 Å². The minimum atomic E-state index is -0.489. The Balaban J connectivity index is 1.95. The van der Waals surface area contributed by atoms with E-state index in [-0.39, 0.29) is 18.3 Å². The summed E-state index contributed by atoms with van der Waals surface area (Å²) in [7, 11) is 0. The fourth-order valence-electron chi connectivity index (χ4n) is 1.74. The zero-order chi connectivity index (χ0) is 15.8. The number of amides is 1. The molecule has 0 unspecified atom stereocenters. The summed E-state index contributed by atoms with van der Waals surface area (Å²) in [6.45, 7) is 3.43. The molecule has 0 atom stereocenters. The average Bonchev–Trinajstić information content (AvgIpc) is 2.53. The van der Waals surface area contributed by atoms with Crippen molar-refractivity contribution in [1.82, 2.24) is 0 Å². The summed E-state index contributed by atoms with van der Waals surface area (Å²) in [5, 5.41) is 2.77. The molecule has 0 aliphatic heterocycles. The van der Waals surface area contributed by atoms with Gasteiger partial charge in [-0.2, -0.15) is 0 Å². The fourth-order valence-corrected chi connectivity index (χ4v) is 2.48. The van der Waals surface area contributed by atoms with Crippen molar-refractivity contribution < 1.29 is 13.9 Å². The van der Waals surface area contributed by atoms with E-state index in [1.165, 1.54) is 12.1 Å². The van der Waals surface area contributed by atoms with E-state index in [0.717, 1.165) is 10.6 Å². The minimum absolute atomic E-state index is 0.0620. The highest BCUT2D eigenvalue weighted by Crippen LogP contribution is 2.26. The number of hydrogen-bond acceptors (Lipinski definition) is 3. The van der Waals surface area contributed by atoms with Gasteiger partial charge >= 0.3 is 0 Å². The topological polar surface area (TPSA) is 38.3 Å². The SMILES string of the molecule is C=CCSc1ccccc1NC(=O)COc1ccccc1F. The second-order valence-corrected chi connectivity index (χ2v) is 5.42. The van der Waals surface area contributed by atoms with Crippen LogP contribution in [0.25, 0.3) is 0 Å². The van der Waals surface area contributed by atoms with Gasteiger partial charge in [0.1, 0.15) is 0 Å². The van der Waals surface area contributed by atoms with Crippen LogP contribution < -0.4 is 10.1 Å². The third kappa shape index (κ3) is 4.63. The van der Waals surface area contributed by atoms with Gasteiger partial charge in [-0.3, -0.25) is 4.79 Å². The first-order valence-corrected chi connectivity index (χ1v) is 7.69. The lowest BCUT2D eigenvalue weighted by Crippen LogP contribution is -2.20. The number of nitrogens with one attached hydrogen (secondary N) is 1. The Morgan fingerprint density at radius 2 is 1.95 bits per heavy atom. The normalized spacial score (nSPS) is 10.0. The minimum Gasteiger partial charge on any atom is -0.481 e. The molecule has 2 rings (SSSR count). The van der Waals surface area contributed by atoms with E-state index in [1.54, 1.807) is 30.0 Å². The highest BCUT2D eigenvalue weighted by atomic mass is 32.2. The second kappa shape index (κ2) is 8.24. The maximum absolute atomic E-state index is 13.4. The third-order valence-corrected chi connectivity index (χ3v) is 3.78. The van der Waals surface area contributed by atoms with Crippen LogP contribution in [0.1, 0.15) is 0 Å². The number of ether oxygens (including phenoxy) is 1. The first kappa shape index (κ1) is 16.1. The molecule has 1 amide bonds. The van der Waals surface area contributed by atoms with Crippen molar-refractivity contribution in [2.75, 3.05) is 17.7 Å². The van der Waals surface area contributed by atoms with Crippen LogP contribution in [0, 0.1) is 5.82 Å². The Labute approximate surface area is 133 Å². The summed E-state index contributed by atoms with van der Waals surface area (Å²) in [5.74, 6) is -0.0161. The van der Waals surface area contributed by atoms with E-state index in [1.807, 2.05) is 24.3 Å². The molecule has 0 saturated carbocycles. The molecule has 0 fully saturated rings. The predicted molar refractivity (Wildman–Crippen MR) is 87.9 cm³/mol. The van der Waals surface area contributed by atoms with Gasteiger partial charge in [-0.05, 0) is 24.3 Å². The Bertz CT molecular complexity index is 661. The van der Waals surface area contributed by atoms with Crippen molar-refractivity contribution in [3.8, 4) is 5.75 Å². The molecule has 0 spiro atoms. The molecule has 0 bridgehead atoms. The lowest BCUT2D eigenvalue weighted by atomic mass is 10.3. The zero-order valence-corrected chi connectivity index (χ0v) is 12.7. The highest BCUT2D eigenvalue weighted by Gasteiger charge is 2.09. The smallest absolute Gasteiger partial charge is 0.262 e. The van der Waals surface area contributed by atoms with Crippen LogP contribution >= 0.6 is 11.8 Å². The first-order chi connectivity index (χ1) is 10.7. The summed E-state index contributed by atoms with van der Waals surface area (Å²) in [6, 6.07) is 13.5. The molecule has 0 saturated heterocycles. The van der Waals surface area contributed by atoms with Crippen molar-refractivity contribution in [2.24, 2.45) is 0 Å². The highest BCUT2D eigenvalue weighted by molar-refractivity contribution is 7.99. The summed E-state index contributed by atoms with van der Waals surface area (Å²) in [5.41, 5.74) is 0.705. The number of hydrogen-bond donors (Lipinski definition) is 1. The van der Waals surface area contributed by atoms with Gasteiger partial charge in [0.2, 0.25) is 0 Å². The van der Waals surface area contributed by atoms with Gasteiger partial charge in [0.15, 0.2) is 18.2 Å². The molecule has 22 heavy (non-hydrogen) atoms. The number of anilines is 1. The second-order valence-electron chi connectivity index (χ2n) is 4.36. The maximum Gasteiger partial charge on any atom is 0.262 e. The van der Waals surface area contributed by atoms with Crippen LogP contribution in [-0.4, -0.2) is 18.3 Å². The number of para-hydroxylation sites is 2. The molecule has 0 aromatic heterocycles. The van der Waals surface area contributed by atoms with Crippen LogP contribution in [0.4, 0.5) is 10.1 Å². The molecule has 3 nitrogen and oxygen atoms in total. The van der Waals surface area contributed by atoms with Crippen molar-refractivity contribution in [3.63, 3.8) is 0 Å². The number of carbonyl (C=O) groups excluding carboxylic acids is 1. The van der Waals surface area contributed by atoms with Crippen molar-refractivity contribution in [1.29, 1.82) is 0 Å². The molecule has 2 aromatic carbocycles. The van der Waals surface area contributed by atoms with Gasteiger partial charge in [-0.1, -0.05) is 30.3 Å². The van der Waals surface area contributed by atoms with Gasteiger partial charge in [0, 0.05) is 10.6 Å². The molecule has 5 heteroatoms. The Morgan fingerprint density at radius 3 is 2.73 bits per heavy atom. The van der Waals surface area contributed by atoms with E-state index in [4.69, 9.17) is 4.74 Å². The van der Waals surface area contributed by atoms with E-state index in [2.05, 4.69) is 11.9 Å². The number of benzene rings is 2. The van der Waals surface area contributed by atoms with Crippen LogP contribution in [0.3, 0.4) is 0 Å². The number of halogens is 1. The molecule has 114 valence electrons. The molecular weight excluding hydrogens is 301 g/mol. The molecule has 0 aliphatic carbocycles. The van der Waals surface area contributed by atoms with Gasteiger partial charge in [0.05, 0.1) is 5.69 Å². The summed E-state index contributed by atoms with van der Waals surface area (Å²) < 4.78 is 18.6. The number of carbonyl (C=O) groups is 1. The molecule has 0 aliphatic rings. The van der Waals surface area contributed by atoms with E-state index in [0.29, 0.717) is 5.69 Å². The molecule has 0 radical (unpaired) electrons. The quantitative estimate of drug-likeness (QED) is 0.616. The van der Waals surface area contributed by atoms with E-state index >= 15 is 0 Å². The first-order valence-electron chi connectivity index (χ1n) is 6.70. The Morgan fingerprint density at radius 1 is 1.23 bits per heavy atom. The van der Waals surface area contributed by atoms with Crippen LogP contribution in [0.5, 0.6) is 5.75 Å². The Hall–Kier alpha value is -2.27. The monoisotopic (exact) mass is 317 g/mol. The standard InChI is InChI=1S/C17H16FNO2S/c1-2-11-22-16-10-6-4-8-14(16)19-17(20)12-21-15-9-5-3-7-13(15)18/h2-10H,1,11-12H2,(H,19,20). The van der Waals surface area contributed by atoms with E-state index < -0.39 is 5.82 Å². The van der Waals surface area contributed by atoms with E-state index in [9.17, 15) is 9.18 Å². The van der Waals surface area contributed by atoms with Gasteiger partial charge < -0.3 is 10.1 Å². The molecular formula is C17H16FNO2S. The van der Waals surface area contributed by atoms with Crippen LogP contribution in [-0.2, 0) is 4.79 Å².